The summed E-state index contributed by atoms with van der Waals surface area (Å²) in [6.07, 6.45) is 19.5. The van der Waals surface area contributed by atoms with Crippen LogP contribution in [-0.2, 0) is 38.0 Å². The van der Waals surface area contributed by atoms with Crippen LogP contribution >= 0.6 is 0 Å². The maximum atomic E-state index is 13.0. The normalized spacial score (nSPS) is 26.4. The molecule has 382 valence electrons. The average molecular weight is 933 g/mol. The number of hydrogen-bond donors (Lipinski definition) is 7. The summed E-state index contributed by atoms with van der Waals surface area (Å²) >= 11 is 0. The number of ether oxygens (including phenoxy) is 6. The molecule has 2 saturated heterocycles. The highest BCUT2D eigenvalue weighted by Crippen LogP contribution is 2.26. The maximum Gasteiger partial charge on any atom is 0.306 e. The second-order valence-corrected chi connectivity index (χ2v) is 18.4. The fourth-order valence-electron chi connectivity index (χ4n) is 8.21. The molecule has 2 aliphatic heterocycles. The molecule has 0 bridgehead atoms. The summed E-state index contributed by atoms with van der Waals surface area (Å²) in [6, 6.07) is 0. The molecule has 0 aliphatic carbocycles. The Morgan fingerprint density at radius 2 is 0.877 bits per heavy atom. The number of aliphatic hydroxyl groups excluding tert-OH is 7. The SMILES string of the molecule is CCCCCCC/C=C/CCCCCCCC(=O)OC[C@H](CO[C@@H]1O[C@H](CO[C@@H]2O[C@H](CO)[C@H](O)C(O)C2O)[C@H](O)C(O)C1O)OC(=O)CCCCCCCCCCCCCCCCC. The van der Waals surface area contributed by atoms with Crippen LogP contribution in [0.15, 0.2) is 12.2 Å². The second kappa shape index (κ2) is 38.1. The largest absolute Gasteiger partial charge is 0.462 e. The summed E-state index contributed by atoms with van der Waals surface area (Å²) in [5, 5.41) is 72.0. The monoisotopic (exact) mass is 933 g/mol. The first-order chi connectivity index (χ1) is 31.5. The molecule has 0 aromatic rings. The van der Waals surface area contributed by atoms with E-state index < -0.39 is 92.7 Å². The van der Waals surface area contributed by atoms with Crippen LogP contribution in [0.5, 0.6) is 0 Å². The molecule has 0 spiro atoms. The molecule has 15 heteroatoms. The summed E-state index contributed by atoms with van der Waals surface area (Å²) in [7, 11) is 0. The van der Waals surface area contributed by atoms with Gasteiger partial charge >= 0.3 is 11.9 Å². The number of carbonyl (C=O) groups excluding carboxylic acids is 2. The van der Waals surface area contributed by atoms with Crippen LogP contribution in [0.1, 0.15) is 200 Å². The Hall–Kier alpha value is -1.76. The molecule has 0 amide bonds. The van der Waals surface area contributed by atoms with Crippen LogP contribution in [0.4, 0.5) is 0 Å². The third kappa shape index (κ3) is 26.5. The Balaban J connectivity index is 1.81. The van der Waals surface area contributed by atoms with Crippen molar-refractivity contribution in [3.8, 4) is 0 Å². The molecule has 0 radical (unpaired) electrons. The quantitative estimate of drug-likeness (QED) is 0.0187. The van der Waals surface area contributed by atoms with Gasteiger partial charge in [0.15, 0.2) is 18.7 Å². The van der Waals surface area contributed by atoms with E-state index in [1.54, 1.807) is 0 Å². The van der Waals surface area contributed by atoms with Gasteiger partial charge in [0.25, 0.3) is 0 Å². The molecular weight excluding hydrogens is 841 g/mol. The van der Waals surface area contributed by atoms with E-state index >= 15 is 0 Å². The first-order valence-electron chi connectivity index (χ1n) is 25.8. The first kappa shape index (κ1) is 59.4. The Kier molecular flexibility index (Phi) is 34.8. The topological polar surface area (TPSA) is 231 Å². The Bertz CT molecular complexity index is 1190. The van der Waals surface area contributed by atoms with Crippen molar-refractivity contribution < 1.29 is 73.8 Å². The number of carbonyl (C=O) groups is 2. The van der Waals surface area contributed by atoms with Crippen LogP contribution in [-0.4, -0.2) is 142 Å². The van der Waals surface area contributed by atoms with Gasteiger partial charge in [0.1, 0.15) is 55.4 Å². The van der Waals surface area contributed by atoms with Crippen molar-refractivity contribution >= 4 is 11.9 Å². The lowest BCUT2D eigenvalue weighted by molar-refractivity contribution is -0.332. The van der Waals surface area contributed by atoms with Gasteiger partial charge in [-0.25, -0.2) is 0 Å². The van der Waals surface area contributed by atoms with E-state index in [1.165, 1.54) is 103 Å². The van der Waals surface area contributed by atoms with Crippen molar-refractivity contribution in [2.24, 2.45) is 0 Å². The third-order valence-electron chi connectivity index (χ3n) is 12.5. The third-order valence-corrected chi connectivity index (χ3v) is 12.5. The zero-order valence-electron chi connectivity index (χ0n) is 40.2. The van der Waals surface area contributed by atoms with Crippen LogP contribution in [0.3, 0.4) is 0 Å². The fourth-order valence-corrected chi connectivity index (χ4v) is 8.21. The number of esters is 2. The lowest BCUT2D eigenvalue weighted by atomic mass is 9.98. The van der Waals surface area contributed by atoms with Gasteiger partial charge in [-0.1, -0.05) is 161 Å². The fraction of sp³-hybridized carbons (Fsp3) is 0.920. The second-order valence-electron chi connectivity index (χ2n) is 18.4. The minimum atomic E-state index is -1.76. The zero-order valence-corrected chi connectivity index (χ0v) is 40.2. The van der Waals surface area contributed by atoms with E-state index in [2.05, 4.69) is 26.0 Å². The van der Waals surface area contributed by atoms with Gasteiger partial charge in [-0.2, -0.15) is 0 Å². The molecule has 2 rings (SSSR count). The minimum Gasteiger partial charge on any atom is -0.462 e. The predicted octanol–water partition coefficient (Wildman–Crippen LogP) is 6.99. The number of unbranched alkanes of at least 4 members (excludes halogenated alkanes) is 24. The highest BCUT2D eigenvalue weighted by atomic mass is 16.7. The van der Waals surface area contributed by atoms with Crippen LogP contribution in [0.2, 0.25) is 0 Å². The van der Waals surface area contributed by atoms with Gasteiger partial charge < -0.3 is 64.2 Å². The first-order valence-corrected chi connectivity index (χ1v) is 25.8. The average Bonchev–Trinajstić information content (AvgIpc) is 3.30. The molecule has 0 aromatic heterocycles. The number of aliphatic hydroxyl groups is 7. The summed E-state index contributed by atoms with van der Waals surface area (Å²) in [5.74, 6) is -0.925. The molecular formula is C50H92O15. The van der Waals surface area contributed by atoms with E-state index in [1.807, 2.05) is 0 Å². The molecule has 11 atom stereocenters. The van der Waals surface area contributed by atoms with Crippen molar-refractivity contribution in [2.75, 3.05) is 26.4 Å². The van der Waals surface area contributed by atoms with Gasteiger partial charge in [0.05, 0.1) is 19.8 Å². The van der Waals surface area contributed by atoms with Crippen molar-refractivity contribution in [2.45, 2.75) is 268 Å². The van der Waals surface area contributed by atoms with E-state index in [0.717, 1.165) is 57.8 Å². The smallest absolute Gasteiger partial charge is 0.306 e. The molecule has 7 N–H and O–H groups in total. The zero-order chi connectivity index (χ0) is 47.5. The lowest BCUT2D eigenvalue weighted by Gasteiger charge is -2.42. The molecule has 2 fully saturated rings. The minimum absolute atomic E-state index is 0.169. The van der Waals surface area contributed by atoms with Crippen molar-refractivity contribution in [1.82, 2.24) is 0 Å². The van der Waals surface area contributed by atoms with E-state index in [9.17, 15) is 45.3 Å². The van der Waals surface area contributed by atoms with Gasteiger partial charge in [0, 0.05) is 12.8 Å². The summed E-state index contributed by atoms with van der Waals surface area (Å²) in [6.45, 7) is 2.59. The summed E-state index contributed by atoms with van der Waals surface area (Å²) < 4.78 is 33.6. The number of rotatable bonds is 40. The van der Waals surface area contributed by atoms with E-state index in [4.69, 9.17) is 28.4 Å². The molecule has 15 nitrogen and oxygen atoms in total. The predicted molar refractivity (Wildman–Crippen MR) is 248 cm³/mol. The maximum absolute atomic E-state index is 13.0. The van der Waals surface area contributed by atoms with Gasteiger partial charge in [-0.15, -0.1) is 0 Å². The molecule has 2 heterocycles. The standard InChI is InChI=1S/C50H92O15/c1-3-5-7-9-11-13-15-17-19-21-23-25-27-29-31-33-42(53)63-38(35-60-41(52)32-30-28-26-24-22-20-18-16-14-12-10-8-6-4-2)36-61-49-48(59)46(57)44(55)40(65-49)37-62-50-47(58)45(56)43(54)39(34-51)64-50/h16,18,38-40,43-51,54-59H,3-15,17,19-37H2,1-2H3/b18-16+/t38-,39-,40-,43+,44+,45?,46?,47?,48?,49-,50-/m1/s1. The van der Waals surface area contributed by atoms with Gasteiger partial charge in [-0.3, -0.25) is 9.59 Å². The molecule has 4 unspecified atom stereocenters. The Morgan fingerprint density at radius 3 is 1.35 bits per heavy atom. The Morgan fingerprint density at radius 1 is 0.477 bits per heavy atom. The van der Waals surface area contributed by atoms with E-state index in [-0.39, 0.29) is 26.1 Å². The Labute approximate surface area is 390 Å². The summed E-state index contributed by atoms with van der Waals surface area (Å²) in [4.78, 5) is 25.7. The summed E-state index contributed by atoms with van der Waals surface area (Å²) in [5.41, 5.74) is 0. The highest BCUT2D eigenvalue weighted by molar-refractivity contribution is 5.70. The highest BCUT2D eigenvalue weighted by Gasteiger charge is 2.47. The molecule has 65 heavy (non-hydrogen) atoms. The molecule has 2 aliphatic rings. The number of allylic oxidation sites excluding steroid dienone is 2. The number of hydrogen-bond acceptors (Lipinski definition) is 15. The molecule has 0 aromatic carbocycles. The lowest BCUT2D eigenvalue weighted by Crippen LogP contribution is -2.61. The van der Waals surface area contributed by atoms with Crippen LogP contribution < -0.4 is 0 Å². The van der Waals surface area contributed by atoms with E-state index in [0.29, 0.717) is 12.8 Å². The van der Waals surface area contributed by atoms with Crippen LogP contribution in [0.25, 0.3) is 0 Å². The molecule has 0 saturated carbocycles. The van der Waals surface area contributed by atoms with Crippen molar-refractivity contribution in [1.29, 1.82) is 0 Å². The van der Waals surface area contributed by atoms with Gasteiger partial charge in [0.2, 0.25) is 0 Å². The van der Waals surface area contributed by atoms with Gasteiger partial charge in [-0.05, 0) is 38.5 Å². The van der Waals surface area contributed by atoms with Crippen LogP contribution in [0, 0.1) is 0 Å². The van der Waals surface area contributed by atoms with Crippen molar-refractivity contribution in [3.05, 3.63) is 12.2 Å². The van der Waals surface area contributed by atoms with Crippen molar-refractivity contribution in [3.63, 3.8) is 0 Å².